The van der Waals surface area contributed by atoms with Crippen LogP contribution < -0.4 is 10.2 Å². The number of likely N-dealkylation sites (tertiary alicyclic amines) is 1. The van der Waals surface area contributed by atoms with Gasteiger partial charge in [0.05, 0.1) is 11.8 Å². The van der Waals surface area contributed by atoms with Gasteiger partial charge in [-0.2, -0.15) is 0 Å². The van der Waals surface area contributed by atoms with Crippen LogP contribution in [0.3, 0.4) is 0 Å². The van der Waals surface area contributed by atoms with E-state index in [9.17, 15) is 14.4 Å². The van der Waals surface area contributed by atoms with Gasteiger partial charge in [-0.1, -0.05) is 46.8 Å². The minimum Gasteiger partial charge on any atom is -0.367 e. The van der Waals surface area contributed by atoms with Crippen LogP contribution >= 0.6 is 11.3 Å². The zero-order valence-electron chi connectivity index (χ0n) is 25.1. The lowest BCUT2D eigenvalue weighted by atomic mass is 9.78. The molecule has 2 amide bonds. The van der Waals surface area contributed by atoms with Crippen molar-refractivity contribution in [1.82, 2.24) is 20.1 Å². The number of thiazole rings is 1. The summed E-state index contributed by atoms with van der Waals surface area (Å²) in [6, 6.07) is 6.08. The van der Waals surface area contributed by atoms with Crippen molar-refractivity contribution in [3.05, 3.63) is 35.2 Å². The molecule has 0 unspecified atom stereocenters. The van der Waals surface area contributed by atoms with Gasteiger partial charge in [0.1, 0.15) is 18.7 Å². The molecule has 1 aromatic heterocycles. The molecule has 222 valence electrons. The van der Waals surface area contributed by atoms with Crippen molar-refractivity contribution in [2.75, 3.05) is 51.3 Å². The van der Waals surface area contributed by atoms with Crippen LogP contribution in [0.4, 0.5) is 5.13 Å². The number of Topliss-reactive ketones (excluding diaryl/α,β-unsaturated/α-hetero) is 1. The normalized spacial score (nSPS) is 24.2. The number of nitrogens with one attached hydrogen (secondary N) is 1. The fraction of sp³-hybridized carbons (Fsp3) is 0.613. The Bertz CT molecular complexity index is 1260. The number of piperazine rings is 1. The highest BCUT2D eigenvalue weighted by Crippen LogP contribution is 2.42. The number of hydrogen-bond donors (Lipinski definition) is 1. The average molecular weight is 582 g/mol. The van der Waals surface area contributed by atoms with Gasteiger partial charge in [0.25, 0.3) is 5.91 Å². The molecule has 41 heavy (non-hydrogen) atoms. The SMILES string of the molecule is CC(C)C[C@H](NC(=O)c1ccc(-c2csc(N3CCN(C)CC3)n2)cc1)C(=O)N1C[C@@H](C(C)(C)C)[C@H]2OCC(=O)[C@H]21. The molecular formula is C31H43N5O4S. The summed E-state index contributed by atoms with van der Waals surface area (Å²) < 4.78 is 5.87. The molecule has 3 aliphatic heterocycles. The molecular weight excluding hydrogens is 538 g/mol. The van der Waals surface area contributed by atoms with Crippen molar-refractivity contribution in [2.24, 2.45) is 17.3 Å². The largest absolute Gasteiger partial charge is 0.367 e. The molecule has 3 aliphatic rings. The Morgan fingerprint density at radius 1 is 1.12 bits per heavy atom. The highest BCUT2D eigenvalue weighted by molar-refractivity contribution is 7.14. The van der Waals surface area contributed by atoms with E-state index in [0.29, 0.717) is 18.5 Å². The van der Waals surface area contributed by atoms with E-state index >= 15 is 0 Å². The fourth-order valence-corrected chi connectivity index (χ4v) is 7.00. The van der Waals surface area contributed by atoms with E-state index in [1.54, 1.807) is 28.4 Å². The lowest BCUT2D eigenvalue weighted by molar-refractivity contribution is -0.138. The number of fused-ring (bicyclic) bond motifs is 1. The zero-order chi connectivity index (χ0) is 29.5. The Morgan fingerprint density at radius 3 is 2.44 bits per heavy atom. The van der Waals surface area contributed by atoms with E-state index in [1.165, 1.54) is 0 Å². The number of rotatable bonds is 7. The molecule has 0 saturated carbocycles. The van der Waals surface area contributed by atoms with E-state index in [-0.39, 0.29) is 47.6 Å². The van der Waals surface area contributed by atoms with Gasteiger partial charge in [0.15, 0.2) is 10.9 Å². The predicted molar refractivity (Wildman–Crippen MR) is 161 cm³/mol. The third-order valence-electron chi connectivity index (χ3n) is 8.60. The molecule has 4 heterocycles. The molecule has 3 saturated heterocycles. The van der Waals surface area contributed by atoms with Crippen molar-refractivity contribution < 1.29 is 19.1 Å². The number of benzene rings is 1. The molecule has 10 heteroatoms. The Hall–Kier alpha value is -2.82. The lowest BCUT2D eigenvalue weighted by Crippen LogP contribution is -2.52. The summed E-state index contributed by atoms with van der Waals surface area (Å²) in [6.45, 7) is 14.9. The summed E-state index contributed by atoms with van der Waals surface area (Å²) in [5, 5.41) is 6.07. The summed E-state index contributed by atoms with van der Waals surface area (Å²) in [4.78, 5) is 51.2. The predicted octanol–water partition coefficient (Wildman–Crippen LogP) is 3.55. The number of likely N-dealkylation sites (N-methyl/N-ethyl adjacent to an activating group) is 1. The quantitative estimate of drug-likeness (QED) is 0.535. The highest BCUT2D eigenvalue weighted by Gasteiger charge is 2.55. The van der Waals surface area contributed by atoms with E-state index in [1.807, 2.05) is 26.0 Å². The monoisotopic (exact) mass is 581 g/mol. The molecule has 3 fully saturated rings. The number of nitrogens with zero attached hydrogens (tertiary/aromatic N) is 4. The summed E-state index contributed by atoms with van der Waals surface area (Å²) in [6.07, 6.45) is 0.191. The number of amides is 2. The van der Waals surface area contributed by atoms with Crippen LogP contribution in [0.5, 0.6) is 0 Å². The second-order valence-electron chi connectivity index (χ2n) is 13.2. The minimum atomic E-state index is -0.723. The van der Waals surface area contributed by atoms with E-state index < -0.39 is 12.1 Å². The van der Waals surface area contributed by atoms with E-state index in [4.69, 9.17) is 9.72 Å². The number of ether oxygens (including phenoxy) is 1. The molecule has 2 aromatic rings. The molecule has 4 atom stereocenters. The fourth-order valence-electron chi connectivity index (χ4n) is 6.12. The molecule has 0 radical (unpaired) electrons. The smallest absolute Gasteiger partial charge is 0.251 e. The number of anilines is 1. The summed E-state index contributed by atoms with van der Waals surface area (Å²) in [5.74, 6) is -0.336. The van der Waals surface area contributed by atoms with Crippen molar-refractivity contribution in [1.29, 1.82) is 0 Å². The Kier molecular flexibility index (Phi) is 8.55. The van der Waals surface area contributed by atoms with Crippen LogP contribution in [0.15, 0.2) is 29.6 Å². The number of carbonyl (C=O) groups excluding carboxylic acids is 3. The van der Waals surface area contributed by atoms with Gasteiger partial charge < -0.3 is 24.8 Å². The van der Waals surface area contributed by atoms with Gasteiger partial charge in [0.2, 0.25) is 5.91 Å². The topological polar surface area (TPSA) is 95.1 Å². The maximum atomic E-state index is 13.9. The van der Waals surface area contributed by atoms with Gasteiger partial charge in [-0.3, -0.25) is 14.4 Å². The van der Waals surface area contributed by atoms with Crippen LogP contribution in [-0.4, -0.2) is 96.9 Å². The molecule has 1 N–H and O–H groups in total. The van der Waals surface area contributed by atoms with Crippen LogP contribution in [0.1, 0.15) is 51.4 Å². The number of carbonyl (C=O) groups is 3. The Morgan fingerprint density at radius 2 is 1.80 bits per heavy atom. The third kappa shape index (κ3) is 6.34. The van der Waals surface area contributed by atoms with E-state index in [0.717, 1.165) is 42.6 Å². The lowest BCUT2D eigenvalue weighted by Gasteiger charge is -2.32. The summed E-state index contributed by atoms with van der Waals surface area (Å²) in [7, 11) is 2.14. The first-order valence-electron chi connectivity index (χ1n) is 14.7. The zero-order valence-corrected chi connectivity index (χ0v) is 25.9. The average Bonchev–Trinajstić information content (AvgIpc) is 3.65. The second-order valence-corrected chi connectivity index (χ2v) is 14.0. The third-order valence-corrected chi connectivity index (χ3v) is 9.50. The number of aromatic nitrogens is 1. The van der Waals surface area contributed by atoms with Gasteiger partial charge in [0, 0.05) is 55.1 Å². The first kappa shape index (κ1) is 29.7. The molecule has 1 aromatic carbocycles. The van der Waals surface area contributed by atoms with Crippen molar-refractivity contribution >= 4 is 34.1 Å². The Labute approximate surface area is 247 Å². The van der Waals surface area contributed by atoms with E-state index in [2.05, 4.69) is 48.3 Å². The molecule has 9 nitrogen and oxygen atoms in total. The van der Waals surface area contributed by atoms with Crippen molar-refractivity contribution in [3.63, 3.8) is 0 Å². The standard InChI is InChI=1S/C31H43N5O4S/c1-19(2)15-23(29(39)36-16-22(31(3,4)5)27-26(36)25(37)17-40-27)32-28(38)21-9-7-20(8-10-21)24-18-41-30(33-24)35-13-11-34(6)12-14-35/h7-10,18-19,22-23,26-27H,11-17H2,1-6H3,(H,32,38)/t22-,23+,26-,27-/m1/s1. The summed E-state index contributed by atoms with van der Waals surface area (Å²) in [5.41, 5.74) is 2.20. The van der Waals surface area contributed by atoms with Gasteiger partial charge >= 0.3 is 0 Å². The highest BCUT2D eigenvalue weighted by atomic mass is 32.1. The maximum absolute atomic E-state index is 13.9. The molecule has 0 spiro atoms. The number of ketones is 1. The first-order valence-corrected chi connectivity index (χ1v) is 15.6. The van der Waals surface area contributed by atoms with Crippen LogP contribution in [0.2, 0.25) is 0 Å². The van der Waals surface area contributed by atoms with Gasteiger partial charge in [-0.15, -0.1) is 11.3 Å². The minimum absolute atomic E-state index is 0.0368. The number of hydrogen-bond acceptors (Lipinski definition) is 8. The summed E-state index contributed by atoms with van der Waals surface area (Å²) >= 11 is 1.64. The van der Waals surface area contributed by atoms with Crippen molar-refractivity contribution in [2.45, 2.75) is 59.2 Å². The van der Waals surface area contributed by atoms with Crippen LogP contribution in [0, 0.1) is 17.3 Å². The second kappa shape index (κ2) is 11.8. The van der Waals surface area contributed by atoms with Crippen LogP contribution in [0.25, 0.3) is 11.3 Å². The van der Waals surface area contributed by atoms with Gasteiger partial charge in [-0.05, 0) is 36.9 Å². The first-order chi connectivity index (χ1) is 19.4. The Balaban J connectivity index is 1.28. The van der Waals surface area contributed by atoms with Crippen LogP contribution in [-0.2, 0) is 14.3 Å². The molecule has 0 bridgehead atoms. The maximum Gasteiger partial charge on any atom is 0.251 e. The van der Waals surface area contributed by atoms with Gasteiger partial charge in [-0.25, -0.2) is 4.98 Å². The van der Waals surface area contributed by atoms with Crippen molar-refractivity contribution in [3.8, 4) is 11.3 Å². The molecule has 5 rings (SSSR count). The molecule has 0 aliphatic carbocycles.